The Kier molecular flexibility index (Phi) is 3.88. The number of rotatable bonds is 3. The fourth-order valence-corrected chi connectivity index (χ4v) is 1.49. The maximum atomic E-state index is 12.6. The smallest absolute Gasteiger partial charge is 0.471 e. The molecule has 4 nitrogen and oxygen atoms in total. The summed E-state index contributed by atoms with van der Waals surface area (Å²) < 4.78 is 37.8. The molecule has 0 spiro atoms. The Balaban J connectivity index is 3.36. The molecule has 0 saturated carbocycles. The van der Waals surface area contributed by atoms with Crippen LogP contribution in [0.4, 0.5) is 18.9 Å². The molecule has 0 heterocycles. The summed E-state index contributed by atoms with van der Waals surface area (Å²) in [7, 11) is 0. The van der Waals surface area contributed by atoms with Gasteiger partial charge in [-0.1, -0.05) is 18.2 Å². The number of amides is 1. The lowest BCUT2D eigenvalue weighted by atomic mass is 10.0. The summed E-state index contributed by atoms with van der Waals surface area (Å²) in [6.07, 6.45) is -5.15. The van der Waals surface area contributed by atoms with Crippen molar-refractivity contribution in [1.82, 2.24) is 0 Å². The van der Waals surface area contributed by atoms with Gasteiger partial charge in [-0.05, 0) is 26.0 Å². The van der Waals surface area contributed by atoms with E-state index in [1.54, 1.807) is 6.07 Å². The van der Waals surface area contributed by atoms with Crippen LogP contribution >= 0.6 is 0 Å². The Labute approximate surface area is 107 Å². The zero-order chi connectivity index (χ0) is 14.8. The summed E-state index contributed by atoms with van der Waals surface area (Å²) in [4.78, 5) is 22.8. The lowest BCUT2D eigenvalue weighted by Crippen LogP contribution is -2.57. The molecule has 0 unspecified atom stereocenters. The quantitative estimate of drug-likeness (QED) is 0.921. The van der Waals surface area contributed by atoms with Crippen molar-refractivity contribution in [2.24, 2.45) is 0 Å². The average molecular weight is 275 g/mol. The maximum absolute atomic E-state index is 12.6. The van der Waals surface area contributed by atoms with Gasteiger partial charge in [-0.25, -0.2) is 4.79 Å². The van der Waals surface area contributed by atoms with Crippen LogP contribution in [0.2, 0.25) is 0 Å². The molecule has 0 fully saturated rings. The Morgan fingerprint density at radius 1 is 1.11 bits per heavy atom. The number of carbonyl (C=O) groups excluding carboxylic acids is 1. The number of aliphatic carboxylic acids is 1. The zero-order valence-corrected chi connectivity index (χ0v) is 10.2. The van der Waals surface area contributed by atoms with Crippen molar-refractivity contribution < 1.29 is 27.9 Å². The minimum absolute atomic E-state index is 0.128. The highest BCUT2D eigenvalue weighted by Crippen LogP contribution is 2.30. The van der Waals surface area contributed by atoms with E-state index in [1.807, 2.05) is 0 Å². The minimum atomic E-state index is -5.15. The second-order valence-electron chi connectivity index (χ2n) is 4.34. The van der Waals surface area contributed by atoms with Gasteiger partial charge >= 0.3 is 18.1 Å². The molecule has 0 aromatic heterocycles. The number of benzene rings is 1. The molecule has 0 aliphatic heterocycles. The van der Waals surface area contributed by atoms with Crippen molar-refractivity contribution in [2.75, 3.05) is 4.90 Å². The summed E-state index contributed by atoms with van der Waals surface area (Å²) in [5, 5.41) is 9.03. The molecule has 19 heavy (non-hydrogen) atoms. The van der Waals surface area contributed by atoms with Crippen molar-refractivity contribution in [1.29, 1.82) is 0 Å². The summed E-state index contributed by atoms with van der Waals surface area (Å²) in [6.45, 7) is 2.07. The highest BCUT2D eigenvalue weighted by atomic mass is 19.4. The van der Waals surface area contributed by atoms with Crippen LogP contribution in [0, 0.1) is 0 Å². The highest BCUT2D eigenvalue weighted by Gasteiger charge is 2.50. The van der Waals surface area contributed by atoms with E-state index in [4.69, 9.17) is 5.11 Å². The van der Waals surface area contributed by atoms with Crippen molar-refractivity contribution in [3.8, 4) is 0 Å². The lowest BCUT2D eigenvalue weighted by molar-refractivity contribution is -0.173. The van der Waals surface area contributed by atoms with Crippen LogP contribution in [0.5, 0.6) is 0 Å². The lowest BCUT2D eigenvalue weighted by Gasteiger charge is -2.35. The van der Waals surface area contributed by atoms with E-state index in [0.717, 1.165) is 13.8 Å². The molecule has 1 aromatic rings. The van der Waals surface area contributed by atoms with Gasteiger partial charge in [0.05, 0.1) is 0 Å². The van der Waals surface area contributed by atoms with Gasteiger partial charge in [-0.15, -0.1) is 0 Å². The van der Waals surface area contributed by atoms with Crippen LogP contribution in [0.3, 0.4) is 0 Å². The molecule has 1 rings (SSSR count). The third-order valence-electron chi connectivity index (χ3n) is 2.54. The van der Waals surface area contributed by atoms with Crippen molar-refractivity contribution >= 4 is 17.6 Å². The topological polar surface area (TPSA) is 57.6 Å². The number of para-hydroxylation sites is 1. The van der Waals surface area contributed by atoms with Crippen molar-refractivity contribution in [3.05, 3.63) is 30.3 Å². The molecule has 0 bridgehead atoms. The van der Waals surface area contributed by atoms with E-state index in [-0.39, 0.29) is 10.6 Å². The number of anilines is 1. The molecule has 0 radical (unpaired) electrons. The van der Waals surface area contributed by atoms with Gasteiger partial charge in [0, 0.05) is 5.69 Å². The van der Waals surface area contributed by atoms with Gasteiger partial charge in [0.1, 0.15) is 5.54 Å². The van der Waals surface area contributed by atoms with Crippen LogP contribution in [-0.4, -0.2) is 28.7 Å². The van der Waals surface area contributed by atoms with Crippen LogP contribution in [0.25, 0.3) is 0 Å². The van der Waals surface area contributed by atoms with E-state index in [9.17, 15) is 22.8 Å². The molecular formula is C12H12F3NO3. The zero-order valence-electron chi connectivity index (χ0n) is 10.2. The molecule has 1 amide bonds. The molecule has 0 atom stereocenters. The molecular weight excluding hydrogens is 263 g/mol. The normalized spacial score (nSPS) is 12.1. The van der Waals surface area contributed by atoms with E-state index < -0.39 is 23.6 Å². The fourth-order valence-electron chi connectivity index (χ4n) is 1.49. The third-order valence-corrected chi connectivity index (χ3v) is 2.54. The largest absolute Gasteiger partial charge is 0.480 e. The summed E-state index contributed by atoms with van der Waals surface area (Å²) in [5.41, 5.74) is -2.15. The Morgan fingerprint density at radius 3 is 1.95 bits per heavy atom. The first kappa shape index (κ1) is 15.0. The molecule has 104 valence electrons. The number of hydrogen-bond donors (Lipinski definition) is 1. The molecule has 1 N–H and O–H groups in total. The Bertz CT molecular complexity index is 483. The summed E-state index contributed by atoms with van der Waals surface area (Å²) in [5.74, 6) is -3.75. The van der Waals surface area contributed by atoms with Crippen molar-refractivity contribution in [3.63, 3.8) is 0 Å². The fraction of sp³-hybridized carbons (Fsp3) is 0.333. The van der Waals surface area contributed by atoms with E-state index in [0.29, 0.717) is 0 Å². The second kappa shape index (κ2) is 4.91. The summed E-state index contributed by atoms with van der Waals surface area (Å²) in [6, 6.07) is 6.88. The van der Waals surface area contributed by atoms with Crippen LogP contribution in [-0.2, 0) is 9.59 Å². The molecule has 0 aliphatic carbocycles. The molecule has 0 saturated heterocycles. The number of halogens is 3. The molecule has 7 heteroatoms. The number of hydrogen-bond acceptors (Lipinski definition) is 2. The Hall–Kier alpha value is -2.05. The van der Waals surface area contributed by atoms with Gasteiger partial charge in [0.25, 0.3) is 0 Å². The maximum Gasteiger partial charge on any atom is 0.471 e. The monoisotopic (exact) mass is 275 g/mol. The first-order valence-corrected chi connectivity index (χ1v) is 5.28. The molecule has 0 aliphatic rings. The average Bonchev–Trinajstić information content (AvgIpc) is 2.28. The predicted molar refractivity (Wildman–Crippen MR) is 61.7 cm³/mol. The van der Waals surface area contributed by atoms with Gasteiger partial charge in [0.2, 0.25) is 0 Å². The summed E-state index contributed by atoms with van der Waals surface area (Å²) >= 11 is 0. The van der Waals surface area contributed by atoms with Crippen LogP contribution in [0.1, 0.15) is 13.8 Å². The number of carboxylic acid groups (broad SMARTS) is 1. The van der Waals surface area contributed by atoms with Crippen molar-refractivity contribution in [2.45, 2.75) is 25.6 Å². The second-order valence-corrected chi connectivity index (χ2v) is 4.34. The first-order chi connectivity index (χ1) is 8.58. The number of alkyl halides is 3. The highest BCUT2D eigenvalue weighted by molar-refractivity contribution is 6.03. The van der Waals surface area contributed by atoms with Gasteiger partial charge in [0.15, 0.2) is 0 Å². The standard InChI is InChI=1S/C12H12F3NO3/c1-11(2,10(18)19)16(9(17)12(13,14)15)8-6-4-3-5-7-8/h3-7H,1-2H3,(H,18,19). The number of nitrogens with zero attached hydrogens (tertiary/aromatic N) is 1. The van der Waals surface area contributed by atoms with Gasteiger partial charge < -0.3 is 5.11 Å². The van der Waals surface area contributed by atoms with E-state index in [1.165, 1.54) is 24.3 Å². The number of carboxylic acids is 1. The minimum Gasteiger partial charge on any atom is -0.480 e. The molecule has 1 aromatic carbocycles. The SMILES string of the molecule is CC(C)(C(=O)O)N(C(=O)C(F)(F)F)c1ccccc1. The first-order valence-electron chi connectivity index (χ1n) is 5.28. The van der Waals surface area contributed by atoms with Gasteiger partial charge in [-0.2, -0.15) is 13.2 Å². The predicted octanol–water partition coefficient (Wildman–Crippen LogP) is 2.45. The van der Waals surface area contributed by atoms with Gasteiger partial charge in [-0.3, -0.25) is 9.69 Å². The number of carbonyl (C=O) groups is 2. The Morgan fingerprint density at radius 2 is 1.58 bits per heavy atom. The van der Waals surface area contributed by atoms with Crippen LogP contribution in [0.15, 0.2) is 30.3 Å². The van der Waals surface area contributed by atoms with Crippen LogP contribution < -0.4 is 4.90 Å². The van der Waals surface area contributed by atoms with E-state index in [2.05, 4.69) is 0 Å². The van der Waals surface area contributed by atoms with E-state index >= 15 is 0 Å². The third kappa shape index (κ3) is 3.04.